The fraction of sp³-hybridized carbons (Fsp3) is 0.919. The lowest BCUT2D eigenvalue weighted by atomic mass is 10.0. The van der Waals surface area contributed by atoms with Crippen LogP contribution in [0.2, 0.25) is 0 Å². The summed E-state index contributed by atoms with van der Waals surface area (Å²) in [6.45, 7) is 4.87. The zero-order chi connectivity index (χ0) is 52.0. The van der Waals surface area contributed by atoms with E-state index >= 15 is 0 Å². The van der Waals surface area contributed by atoms with Crippen LogP contribution in [-0.4, -0.2) is 73.4 Å². The highest BCUT2D eigenvalue weighted by molar-refractivity contribution is 7.47. The second kappa shape index (κ2) is 53.8. The molecule has 0 saturated heterocycles. The number of phosphoric acid groups is 1. The summed E-state index contributed by atoms with van der Waals surface area (Å²) in [5, 5.41) is 14.0. The lowest BCUT2D eigenvalue weighted by molar-refractivity contribution is -0.870. The van der Waals surface area contributed by atoms with Crippen molar-refractivity contribution in [1.29, 1.82) is 0 Å². The van der Waals surface area contributed by atoms with Gasteiger partial charge in [0, 0.05) is 6.42 Å². The molecule has 9 heteroatoms. The summed E-state index contributed by atoms with van der Waals surface area (Å²) in [5.41, 5.74) is 0. The van der Waals surface area contributed by atoms with E-state index in [1.54, 1.807) is 6.08 Å². The number of aliphatic hydroxyl groups is 1. The molecule has 0 aromatic rings. The van der Waals surface area contributed by atoms with Gasteiger partial charge in [-0.25, -0.2) is 4.57 Å². The van der Waals surface area contributed by atoms with E-state index in [0.29, 0.717) is 17.4 Å². The van der Waals surface area contributed by atoms with Crippen LogP contribution in [0.3, 0.4) is 0 Å². The molecule has 0 aliphatic rings. The third-order valence-electron chi connectivity index (χ3n) is 14.4. The van der Waals surface area contributed by atoms with E-state index in [-0.39, 0.29) is 19.1 Å². The Labute approximate surface area is 443 Å². The Hall–Kier alpha value is -1.02. The maximum absolute atomic E-state index is 13.0. The van der Waals surface area contributed by atoms with Gasteiger partial charge in [0.25, 0.3) is 0 Å². The smallest absolute Gasteiger partial charge is 0.387 e. The van der Waals surface area contributed by atoms with E-state index in [1.165, 1.54) is 263 Å². The van der Waals surface area contributed by atoms with Gasteiger partial charge in [-0.1, -0.05) is 289 Å². The molecule has 0 heterocycles. The van der Waals surface area contributed by atoms with Crippen molar-refractivity contribution >= 4 is 13.7 Å². The molecule has 0 aromatic carbocycles. The van der Waals surface area contributed by atoms with Crippen molar-refractivity contribution in [2.24, 2.45) is 0 Å². The summed E-state index contributed by atoms with van der Waals surface area (Å²) < 4.78 is 23.8. The first-order valence-electron chi connectivity index (χ1n) is 31.2. The molecule has 1 amide bonds. The maximum atomic E-state index is 13.0. The quantitative estimate of drug-likeness (QED) is 0.0243. The van der Waals surface area contributed by atoms with Crippen molar-refractivity contribution in [2.45, 2.75) is 328 Å². The number of quaternary nitrogens is 1. The topological polar surface area (TPSA) is 105 Å². The summed E-state index contributed by atoms with van der Waals surface area (Å²) in [5.74, 6) is -0.171. The van der Waals surface area contributed by atoms with Crippen LogP contribution in [0.5, 0.6) is 0 Å². The zero-order valence-electron chi connectivity index (χ0n) is 48.2. The number of carbonyl (C=O) groups is 1. The van der Waals surface area contributed by atoms with Gasteiger partial charge >= 0.3 is 7.82 Å². The number of hydrogen-bond acceptors (Lipinski definition) is 5. The molecule has 8 nitrogen and oxygen atoms in total. The minimum Gasteiger partial charge on any atom is -0.387 e. The Balaban J connectivity index is 4.14. The Kier molecular flexibility index (Phi) is 53.0. The molecular formula is C62H124N2O6P+. The molecule has 3 unspecified atom stereocenters. The van der Waals surface area contributed by atoms with Gasteiger partial charge in [0.2, 0.25) is 5.91 Å². The van der Waals surface area contributed by atoms with Crippen molar-refractivity contribution in [3.8, 4) is 0 Å². The van der Waals surface area contributed by atoms with E-state index in [9.17, 15) is 19.4 Å². The van der Waals surface area contributed by atoms with Crippen molar-refractivity contribution in [2.75, 3.05) is 40.9 Å². The van der Waals surface area contributed by atoms with Gasteiger partial charge in [-0.3, -0.25) is 13.8 Å². The fourth-order valence-corrected chi connectivity index (χ4v) is 10.2. The number of nitrogens with one attached hydrogen (secondary N) is 1. The van der Waals surface area contributed by atoms with Crippen LogP contribution >= 0.6 is 7.82 Å². The van der Waals surface area contributed by atoms with Gasteiger partial charge in [-0.05, 0) is 44.9 Å². The molecule has 0 spiro atoms. The molecule has 0 aromatic heterocycles. The summed E-state index contributed by atoms with van der Waals surface area (Å²) in [7, 11) is 1.59. The summed E-state index contributed by atoms with van der Waals surface area (Å²) >= 11 is 0. The van der Waals surface area contributed by atoms with Crippen molar-refractivity contribution in [1.82, 2.24) is 5.32 Å². The van der Waals surface area contributed by atoms with Crippen LogP contribution in [0.1, 0.15) is 316 Å². The molecule has 0 radical (unpaired) electrons. The first-order chi connectivity index (χ1) is 34.5. The monoisotopic (exact) mass is 1020 g/mol. The third-order valence-corrected chi connectivity index (χ3v) is 15.4. The number of rotatable bonds is 58. The minimum absolute atomic E-state index is 0.0637. The van der Waals surface area contributed by atoms with Gasteiger partial charge in [0.15, 0.2) is 0 Å². The molecular weight excluding hydrogens is 900 g/mol. The van der Waals surface area contributed by atoms with Crippen LogP contribution in [0.15, 0.2) is 24.3 Å². The molecule has 0 aliphatic heterocycles. The number of phosphoric ester groups is 1. The highest BCUT2D eigenvalue weighted by Gasteiger charge is 2.27. The van der Waals surface area contributed by atoms with Crippen LogP contribution in [-0.2, 0) is 18.4 Å². The highest BCUT2D eigenvalue weighted by atomic mass is 31.2. The Morgan fingerprint density at radius 1 is 0.465 bits per heavy atom. The Bertz CT molecular complexity index is 1210. The summed E-state index contributed by atoms with van der Waals surface area (Å²) in [6, 6.07) is -0.845. The van der Waals surface area contributed by atoms with Crippen LogP contribution in [0.4, 0.5) is 0 Å². The first kappa shape index (κ1) is 70.0. The van der Waals surface area contributed by atoms with E-state index in [1.807, 2.05) is 27.2 Å². The molecule has 3 atom stereocenters. The zero-order valence-corrected chi connectivity index (χ0v) is 49.1. The van der Waals surface area contributed by atoms with Crippen molar-refractivity contribution < 1.29 is 32.9 Å². The first-order valence-corrected chi connectivity index (χ1v) is 32.7. The normalized spacial score (nSPS) is 14.0. The largest absolute Gasteiger partial charge is 0.472 e. The second-order valence-corrected chi connectivity index (χ2v) is 24.2. The van der Waals surface area contributed by atoms with Crippen molar-refractivity contribution in [3.63, 3.8) is 0 Å². The molecule has 71 heavy (non-hydrogen) atoms. The van der Waals surface area contributed by atoms with E-state index < -0.39 is 20.0 Å². The van der Waals surface area contributed by atoms with Crippen molar-refractivity contribution in [3.05, 3.63) is 24.3 Å². The molecule has 0 rings (SSSR count). The molecule has 0 aliphatic carbocycles. The number of allylic oxidation sites excluding steroid dienone is 3. The average molecular weight is 1020 g/mol. The predicted molar refractivity (Wildman–Crippen MR) is 309 cm³/mol. The molecule has 0 bridgehead atoms. The number of aliphatic hydroxyl groups excluding tert-OH is 1. The summed E-state index contributed by atoms with van der Waals surface area (Å²) in [4.78, 5) is 23.4. The molecule has 3 N–H and O–H groups in total. The molecule has 0 saturated carbocycles. The lowest BCUT2D eigenvalue weighted by Crippen LogP contribution is -2.45. The number of amides is 1. The van der Waals surface area contributed by atoms with Crippen LogP contribution in [0.25, 0.3) is 0 Å². The maximum Gasteiger partial charge on any atom is 0.472 e. The van der Waals surface area contributed by atoms with Crippen LogP contribution < -0.4 is 5.32 Å². The third kappa shape index (κ3) is 56.5. The fourth-order valence-electron chi connectivity index (χ4n) is 9.51. The molecule has 0 fully saturated rings. The standard InChI is InChI=1S/C62H123N2O6P/c1-6-8-10-12-14-16-18-20-22-24-26-28-30-32-34-36-38-40-42-44-46-48-50-52-54-56-62(66)63-60(59-70-71(67,68)69-58-57-64(3,4)5)61(65)55-53-51-49-47-45-43-41-39-37-35-33-31-29-27-25-23-21-19-17-15-13-11-9-7-2/h24,26,53,55,60-61,65H,6-23,25,27-52,54,56-59H2,1-5H3,(H-,63,66,67,68)/p+1/b26-24-,55-53+. The SMILES string of the molecule is CCCCCCCCCC/C=C\CCCCCCCCCCCCCCCC(=O)NC(COP(=O)(O)OCC[N+](C)(C)C)C(O)/C=C/CCCCCCCCCCCCCCCCCCCCCCCC. The van der Waals surface area contributed by atoms with Crippen LogP contribution in [0, 0.1) is 0 Å². The Morgan fingerprint density at radius 3 is 1.08 bits per heavy atom. The molecule has 422 valence electrons. The number of likely N-dealkylation sites (N-methyl/N-ethyl adjacent to an activating group) is 1. The van der Waals surface area contributed by atoms with Gasteiger partial charge in [-0.15, -0.1) is 0 Å². The Morgan fingerprint density at radius 2 is 0.761 bits per heavy atom. The number of hydrogen-bond donors (Lipinski definition) is 3. The highest BCUT2D eigenvalue weighted by Crippen LogP contribution is 2.43. The average Bonchev–Trinajstić information content (AvgIpc) is 3.33. The lowest BCUT2D eigenvalue weighted by Gasteiger charge is -2.25. The predicted octanol–water partition coefficient (Wildman–Crippen LogP) is 19.2. The number of nitrogens with zero attached hydrogens (tertiary/aromatic N) is 1. The van der Waals surface area contributed by atoms with Gasteiger partial charge in [-0.2, -0.15) is 0 Å². The summed E-state index contributed by atoms with van der Waals surface area (Å²) in [6.07, 6.45) is 68.6. The van der Waals surface area contributed by atoms with E-state index in [4.69, 9.17) is 9.05 Å². The van der Waals surface area contributed by atoms with E-state index in [0.717, 1.165) is 32.1 Å². The number of unbranched alkanes of at least 4 members (excludes halogenated alkanes) is 43. The van der Waals surface area contributed by atoms with Gasteiger partial charge in [0.1, 0.15) is 13.2 Å². The number of carbonyl (C=O) groups excluding carboxylic acids is 1. The van der Waals surface area contributed by atoms with Gasteiger partial charge < -0.3 is 19.8 Å². The second-order valence-electron chi connectivity index (χ2n) is 22.8. The van der Waals surface area contributed by atoms with Gasteiger partial charge in [0.05, 0.1) is 39.9 Å². The van der Waals surface area contributed by atoms with E-state index in [2.05, 4.69) is 31.3 Å². The minimum atomic E-state index is -4.35.